The number of nitrogens with zero attached hydrogens (tertiary/aromatic N) is 2. The lowest BCUT2D eigenvalue weighted by Crippen LogP contribution is -2.28. The molecule has 2 aliphatic rings. The number of carbonyl (C=O) groups excluding carboxylic acids is 1. The highest BCUT2D eigenvalue weighted by molar-refractivity contribution is 6.31. The Balaban J connectivity index is 2.03. The van der Waals surface area contributed by atoms with Gasteiger partial charge in [0.25, 0.3) is 0 Å². The van der Waals surface area contributed by atoms with E-state index in [1.165, 1.54) is 19.1 Å². The molecule has 0 unspecified atom stereocenters. The van der Waals surface area contributed by atoms with Crippen molar-refractivity contribution in [1.82, 2.24) is 10.4 Å². The number of nitrogens with one attached hydrogen (secondary N) is 1. The maximum Gasteiger partial charge on any atom is 0.160 e. The van der Waals surface area contributed by atoms with Gasteiger partial charge in [0.05, 0.1) is 16.3 Å². The van der Waals surface area contributed by atoms with Crippen LogP contribution < -0.4 is 5.43 Å². The van der Waals surface area contributed by atoms with E-state index in [2.05, 4.69) is 23.6 Å². The first-order valence-electron chi connectivity index (χ1n) is 7.94. The molecule has 0 fully saturated rings. The van der Waals surface area contributed by atoms with Crippen LogP contribution >= 0.6 is 11.6 Å². The topological polar surface area (TPSA) is 44.7 Å². The van der Waals surface area contributed by atoms with Gasteiger partial charge in [0.2, 0.25) is 0 Å². The fourth-order valence-electron chi connectivity index (χ4n) is 2.73. The van der Waals surface area contributed by atoms with E-state index < -0.39 is 5.82 Å². The van der Waals surface area contributed by atoms with Gasteiger partial charge in [0, 0.05) is 18.3 Å². The van der Waals surface area contributed by atoms with Gasteiger partial charge in [-0.1, -0.05) is 43.0 Å². The average molecular weight is 370 g/mol. The summed E-state index contributed by atoms with van der Waals surface area (Å²) in [4.78, 5) is 16.4. The van der Waals surface area contributed by atoms with Crippen LogP contribution in [-0.2, 0) is 4.79 Å². The SMILES string of the molecule is C=C/C=C(\C(=C)c1ccc(F)c(Cl)c1)C1=NC2=C(C(C)=O)CNN2C=C1. The minimum absolute atomic E-state index is 0.0236. The Labute approximate surface area is 156 Å². The molecule has 132 valence electrons. The lowest BCUT2D eigenvalue weighted by Gasteiger charge is -2.21. The van der Waals surface area contributed by atoms with Gasteiger partial charge < -0.3 is 0 Å². The fourth-order valence-corrected chi connectivity index (χ4v) is 2.91. The molecule has 0 bridgehead atoms. The second-order valence-corrected chi connectivity index (χ2v) is 6.21. The third-order valence-electron chi connectivity index (χ3n) is 4.11. The summed E-state index contributed by atoms with van der Waals surface area (Å²) in [5, 5.41) is 1.74. The molecule has 3 rings (SSSR count). The first kappa shape index (κ1) is 18.0. The minimum Gasteiger partial charge on any atom is -0.295 e. The normalized spacial score (nSPS) is 16.5. The number of Topliss-reactive ketones (excluding diaryl/α,β-unsaturated/α-hetero) is 1. The minimum atomic E-state index is -0.490. The van der Waals surface area contributed by atoms with Crippen molar-refractivity contribution in [2.45, 2.75) is 6.92 Å². The Morgan fingerprint density at radius 1 is 1.46 bits per heavy atom. The molecular weight excluding hydrogens is 353 g/mol. The Hall–Kier alpha value is -2.76. The monoisotopic (exact) mass is 369 g/mol. The molecular formula is C20H17ClFN3O. The number of hydrogen-bond donors (Lipinski definition) is 1. The summed E-state index contributed by atoms with van der Waals surface area (Å²) >= 11 is 5.89. The zero-order chi connectivity index (χ0) is 18.8. The van der Waals surface area contributed by atoms with Crippen molar-refractivity contribution >= 4 is 28.7 Å². The van der Waals surface area contributed by atoms with Crippen molar-refractivity contribution < 1.29 is 9.18 Å². The molecule has 2 heterocycles. The van der Waals surface area contributed by atoms with E-state index >= 15 is 0 Å². The zero-order valence-corrected chi connectivity index (χ0v) is 15.0. The summed E-state index contributed by atoms with van der Waals surface area (Å²) in [5.74, 6) is 0.0398. The molecule has 0 aromatic heterocycles. The van der Waals surface area contributed by atoms with Gasteiger partial charge in [-0.3, -0.25) is 9.80 Å². The third-order valence-corrected chi connectivity index (χ3v) is 4.40. The first-order valence-corrected chi connectivity index (χ1v) is 8.31. The molecule has 26 heavy (non-hydrogen) atoms. The van der Waals surface area contributed by atoms with Crippen LogP contribution in [0.25, 0.3) is 5.57 Å². The Morgan fingerprint density at radius 2 is 2.23 bits per heavy atom. The third kappa shape index (κ3) is 3.31. The number of carbonyl (C=O) groups is 1. The van der Waals surface area contributed by atoms with Gasteiger partial charge in [-0.15, -0.1) is 0 Å². The molecule has 4 nitrogen and oxygen atoms in total. The second kappa shape index (κ2) is 7.23. The summed E-state index contributed by atoms with van der Waals surface area (Å²) in [5.41, 5.74) is 6.33. The van der Waals surface area contributed by atoms with E-state index in [0.29, 0.717) is 40.4 Å². The van der Waals surface area contributed by atoms with Crippen LogP contribution in [0.15, 0.2) is 77.7 Å². The number of ketones is 1. The summed E-state index contributed by atoms with van der Waals surface area (Å²) in [7, 11) is 0. The van der Waals surface area contributed by atoms with Crippen molar-refractivity contribution in [3.8, 4) is 0 Å². The summed E-state index contributed by atoms with van der Waals surface area (Å²) < 4.78 is 13.5. The fraction of sp³-hybridized carbons (Fsp3) is 0.100. The average Bonchev–Trinajstić information content (AvgIpc) is 3.04. The summed E-state index contributed by atoms with van der Waals surface area (Å²) in [6.45, 7) is 9.79. The lowest BCUT2D eigenvalue weighted by atomic mass is 9.94. The Bertz CT molecular complexity index is 940. The molecule has 0 radical (unpaired) electrons. The van der Waals surface area contributed by atoms with E-state index in [1.54, 1.807) is 29.4 Å². The van der Waals surface area contributed by atoms with Crippen molar-refractivity contribution in [3.05, 3.63) is 89.2 Å². The maximum atomic E-state index is 13.5. The molecule has 0 saturated heterocycles. The zero-order valence-electron chi connectivity index (χ0n) is 14.2. The highest BCUT2D eigenvalue weighted by atomic mass is 35.5. The molecule has 0 spiro atoms. The van der Waals surface area contributed by atoms with E-state index in [9.17, 15) is 9.18 Å². The molecule has 2 aliphatic heterocycles. The van der Waals surface area contributed by atoms with Gasteiger partial charge in [-0.05, 0) is 36.3 Å². The molecule has 6 heteroatoms. The van der Waals surface area contributed by atoms with E-state index in [-0.39, 0.29) is 10.8 Å². The van der Waals surface area contributed by atoms with Gasteiger partial charge in [-0.2, -0.15) is 0 Å². The number of aliphatic imine (C=N–C) groups is 1. The van der Waals surface area contributed by atoms with Crippen LogP contribution in [0.1, 0.15) is 12.5 Å². The van der Waals surface area contributed by atoms with Gasteiger partial charge in [0.15, 0.2) is 11.6 Å². The molecule has 0 saturated carbocycles. The predicted octanol–water partition coefficient (Wildman–Crippen LogP) is 4.19. The van der Waals surface area contributed by atoms with Crippen LogP contribution in [0.3, 0.4) is 0 Å². The number of allylic oxidation sites excluding steroid dienone is 5. The number of rotatable bonds is 5. The standard InChI is InChI=1S/C20H17ClFN3O/c1-4-5-15(12(2)14-6-7-18(22)17(21)10-14)19-8-9-25-20(24-19)16(11-23-25)13(3)26/h4-10,23H,1-2,11H2,3H3/b15-5+. The van der Waals surface area contributed by atoms with Crippen molar-refractivity contribution in [3.63, 3.8) is 0 Å². The van der Waals surface area contributed by atoms with Crippen molar-refractivity contribution in [2.75, 3.05) is 6.54 Å². The smallest absolute Gasteiger partial charge is 0.160 e. The molecule has 0 aliphatic carbocycles. The van der Waals surface area contributed by atoms with Crippen LogP contribution in [-0.4, -0.2) is 23.0 Å². The predicted molar refractivity (Wildman–Crippen MR) is 103 cm³/mol. The highest BCUT2D eigenvalue weighted by Gasteiger charge is 2.26. The van der Waals surface area contributed by atoms with Crippen LogP contribution in [0.5, 0.6) is 0 Å². The largest absolute Gasteiger partial charge is 0.295 e. The van der Waals surface area contributed by atoms with Crippen LogP contribution in [0.2, 0.25) is 5.02 Å². The van der Waals surface area contributed by atoms with Crippen molar-refractivity contribution in [1.29, 1.82) is 0 Å². The molecule has 0 amide bonds. The number of fused-ring (bicyclic) bond motifs is 1. The van der Waals surface area contributed by atoms with Gasteiger partial charge >= 0.3 is 0 Å². The number of halogens is 2. The highest BCUT2D eigenvalue weighted by Crippen LogP contribution is 2.30. The Kier molecular flexibility index (Phi) is 5.02. The van der Waals surface area contributed by atoms with Crippen LogP contribution in [0, 0.1) is 5.82 Å². The number of hydrazine groups is 1. The Morgan fingerprint density at radius 3 is 2.88 bits per heavy atom. The van der Waals surface area contributed by atoms with E-state index in [0.717, 1.165) is 0 Å². The quantitative estimate of drug-likeness (QED) is 0.791. The van der Waals surface area contributed by atoms with Crippen molar-refractivity contribution in [2.24, 2.45) is 4.99 Å². The van der Waals surface area contributed by atoms with Crippen LogP contribution in [0.4, 0.5) is 4.39 Å². The van der Waals surface area contributed by atoms with Gasteiger partial charge in [0.1, 0.15) is 5.82 Å². The number of benzene rings is 1. The summed E-state index contributed by atoms with van der Waals surface area (Å²) in [6.07, 6.45) is 7.01. The summed E-state index contributed by atoms with van der Waals surface area (Å²) in [6, 6.07) is 4.43. The molecule has 1 aromatic rings. The van der Waals surface area contributed by atoms with E-state index in [4.69, 9.17) is 11.6 Å². The number of hydrogen-bond acceptors (Lipinski definition) is 4. The lowest BCUT2D eigenvalue weighted by molar-refractivity contribution is -0.113. The second-order valence-electron chi connectivity index (χ2n) is 5.80. The first-order chi connectivity index (χ1) is 12.4. The van der Waals surface area contributed by atoms with Gasteiger partial charge in [-0.25, -0.2) is 14.8 Å². The molecule has 1 aromatic carbocycles. The maximum absolute atomic E-state index is 13.5. The molecule has 0 atom stereocenters. The van der Waals surface area contributed by atoms with E-state index in [1.807, 2.05) is 6.08 Å². The molecule has 1 N–H and O–H groups in total.